The molecule has 6 rings (SSSR count). The second-order valence-electron chi connectivity index (χ2n) is 12.9. The largest absolute Gasteiger partial charge is 0.444 e. The van der Waals surface area contributed by atoms with Crippen molar-refractivity contribution in [1.82, 2.24) is 24.1 Å². The van der Waals surface area contributed by atoms with Gasteiger partial charge in [-0.15, -0.1) is 5.10 Å². The molecule has 0 saturated carbocycles. The molecule has 47 heavy (non-hydrogen) atoms. The summed E-state index contributed by atoms with van der Waals surface area (Å²) in [5.41, 5.74) is -1.63. The number of fused-ring (bicyclic) bond motifs is 3. The van der Waals surface area contributed by atoms with Crippen LogP contribution in [0.25, 0.3) is 11.4 Å². The van der Waals surface area contributed by atoms with Crippen LogP contribution in [0.3, 0.4) is 0 Å². The zero-order chi connectivity index (χ0) is 33.9. The standard InChI is InChI=1S/C31H34ClF3N6O6/c1-17-14-30(9-10-39(17)28(44)47-29(2,3)4)24-22(16-46-30)40(15-23(42)36-21-6-5-19(13-20(21)32)31(33,34)35)27-37-25(38-41(27)26(24)43)18-7-11-45-12-8-18/h5-7,13,17H,8-12,14-16H2,1-4H3,(H,36,42)/t17-,30+/m0/s1. The van der Waals surface area contributed by atoms with E-state index < -0.39 is 40.5 Å². The highest BCUT2D eigenvalue weighted by Crippen LogP contribution is 2.45. The second-order valence-corrected chi connectivity index (χ2v) is 13.3. The van der Waals surface area contributed by atoms with E-state index in [-0.39, 0.29) is 48.6 Å². The van der Waals surface area contributed by atoms with E-state index in [1.807, 2.05) is 13.0 Å². The molecule has 2 atom stereocenters. The van der Waals surface area contributed by atoms with Gasteiger partial charge in [0.1, 0.15) is 17.7 Å². The summed E-state index contributed by atoms with van der Waals surface area (Å²) < 4.78 is 59.5. The molecule has 3 aliphatic rings. The van der Waals surface area contributed by atoms with Crippen LogP contribution in [0.5, 0.6) is 0 Å². The van der Waals surface area contributed by atoms with Gasteiger partial charge < -0.3 is 29.0 Å². The molecule has 2 amide bonds. The summed E-state index contributed by atoms with van der Waals surface area (Å²) in [7, 11) is 0. The summed E-state index contributed by atoms with van der Waals surface area (Å²) in [6.07, 6.45) is -2.12. The zero-order valence-corrected chi connectivity index (χ0v) is 27.0. The Morgan fingerprint density at radius 3 is 2.64 bits per heavy atom. The summed E-state index contributed by atoms with van der Waals surface area (Å²) in [4.78, 5) is 46.8. The van der Waals surface area contributed by atoms with Crippen molar-refractivity contribution in [3.05, 3.63) is 62.3 Å². The highest BCUT2D eigenvalue weighted by atomic mass is 35.5. The quantitative estimate of drug-likeness (QED) is 0.401. The van der Waals surface area contributed by atoms with Gasteiger partial charge in [0.2, 0.25) is 11.7 Å². The number of benzene rings is 1. The van der Waals surface area contributed by atoms with Crippen molar-refractivity contribution in [2.45, 2.75) is 83.5 Å². The number of hydrogen-bond acceptors (Lipinski definition) is 8. The van der Waals surface area contributed by atoms with Crippen molar-refractivity contribution in [3.63, 3.8) is 0 Å². The normalized spacial score (nSPS) is 21.6. The lowest BCUT2D eigenvalue weighted by atomic mass is 9.82. The fourth-order valence-corrected chi connectivity index (χ4v) is 6.53. The van der Waals surface area contributed by atoms with E-state index in [1.54, 1.807) is 30.2 Å². The highest BCUT2D eigenvalue weighted by Gasteiger charge is 2.50. The number of nitrogens with zero attached hydrogens (tertiary/aromatic N) is 5. The minimum absolute atomic E-state index is 0.0102. The summed E-state index contributed by atoms with van der Waals surface area (Å²) in [5, 5.41) is 6.83. The number of anilines is 1. The van der Waals surface area contributed by atoms with Crippen LogP contribution in [0, 0.1) is 0 Å². The number of hydrogen-bond donors (Lipinski definition) is 1. The van der Waals surface area contributed by atoms with Gasteiger partial charge in [0.15, 0.2) is 5.82 Å². The first-order chi connectivity index (χ1) is 22.1. The van der Waals surface area contributed by atoms with Crippen molar-refractivity contribution in [3.8, 4) is 0 Å². The van der Waals surface area contributed by atoms with Gasteiger partial charge in [-0.2, -0.15) is 22.7 Å². The molecule has 1 spiro atoms. The van der Waals surface area contributed by atoms with Crippen molar-refractivity contribution < 1.29 is 37.0 Å². The molecular formula is C31H34ClF3N6O6. The molecule has 5 heterocycles. The van der Waals surface area contributed by atoms with Gasteiger partial charge >= 0.3 is 12.3 Å². The third-order valence-corrected chi connectivity index (χ3v) is 8.77. The van der Waals surface area contributed by atoms with Crippen LogP contribution in [0.1, 0.15) is 69.6 Å². The topological polar surface area (TPSA) is 129 Å². The lowest BCUT2D eigenvalue weighted by molar-refractivity contribution is -0.137. The molecule has 0 radical (unpaired) electrons. The minimum Gasteiger partial charge on any atom is -0.444 e. The summed E-state index contributed by atoms with van der Waals surface area (Å²) in [5.74, 6) is -0.204. The van der Waals surface area contributed by atoms with E-state index >= 15 is 0 Å². The number of ether oxygens (including phenoxy) is 3. The molecule has 1 N–H and O–H groups in total. The predicted octanol–water partition coefficient (Wildman–Crippen LogP) is 5.15. The highest BCUT2D eigenvalue weighted by molar-refractivity contribution is 6.33. The lowest BCUT2D eigenvalue weighted by Gasteiger charge is -2.43. The van der Waals surface area contributed by atoms with Gasteiger partial charge in [-0.25, -0.2) is 4.79 Å². The fraction of sp³-hybridized carbons (Fsp3) is 0.516. The maximum atomic E-state index is 14.2. The van der Waals surface area contributed by atoms with Gasteiger partial charge in [0.05, 0.1) is 47.4 Å². The number of aromatic nitrogens is 4. The molecule has 0 unspecified atom stereocenters. The van der Waals surface area contributed by atoms with Gasteiger partial charge in [-0.05, 0) is 64.3 Å². The number of piperidine rings is 1. The molecule has 2 aromatic heterocycles. The van der Waals surface area contributed by atoms with Gasteiger partial charge in [-0.1, -0.05) is 17.7 Å². The number of carbonyl (C=O) groups excluding carboxylic acids is 2. The number of nitrogens with one attached hydrogen (secondary N) is 1. The fourth-order valence-electron chi connectivity index (χ4n) is 6.31. The van der Waals surface area contributed by atoms with E-state index in [0.29, 0.717) is 43.1 Å². The van der Waals surface area contributed by atoms with Crippen LogP contribution in [0.15, 0.2) is 29.1 Å². The van der Waals surface area contributed by atoms with Crippen molar-refractivity contribution >= 4 is 40.6 Å². The molecule has 0 aliphatic carbocycles. The smallest absolute Gasteiger partial charge is 0.416 e. The minimum atomic E-state index is -4.60. The molecule has 1 fully saturated rings. The van der Waals surface area contributed by atoms with Crippen molar-refractivity contribution in [2.75, 3.05) is 25.1 Å². The number of alkyl halides is 3. The Hall–Kier alpha value is -3.95. The van der Waals surface area contributed by atoms with E-state index in [1.165, 1.54) is 0 Å². The van der Waals surface area contributed by atoms with Gasteiger partial charge in [0, 0.05) is 19.0 Å². The summed E-state index contributed by atoms with van der Waals surface area (Å²) in [6.45, 7) is 7.91. The molecule has 12 nitrogen and oxygen atoms in total. The molecule has 3 aromatic rings. The Balaban J connectivity index is 1.38. The Kier molecular flexibility index (Phi) is 8.37. The Morgan fingerprint density at radius 1 is 1.23 bits per heavy atom. The molecule has 1 saturated heterocycles. The van der Waals surface area contributed by atoms with Gasteiger partial charge in [-0.3, -0.25) is 9.59 Å². The van der Waals surface area contributed by atoms with Crippen LogP contribution < -0.4 is 10.9 Å². The maximum absolute atomic E-state index is 14.2. The monoisotopic (exact) mass is 678 g/mol. The SMILES string of the molecule is C[C@H]1C[C@@]2(CCN1C(=O)OC(C)(C)C)OCc1c2c(=O)n2nc(C3=CCOCC3)nc2n1CC(=O)Nc1ccc(C(F)(F)F)cc1Cl. The Morgan fingerprint density at radius 2 is 2.00 bits per heavy atom. The maximum Gasteiger partial charge on any atom is 0.416 e. The first kappa shape index (κ1) is 33.0. The average Bonchev–Trinajstić information content (AvgIpc) is 3.59. The second kappa shape index (κ2) is 11.9. The third kappa shape index (κ3) is 6.35. The lowest BCUT2D eigenvalue weighted by Crippen LogP contribution is -2.52. The van der Waals surface area contributed by atoms with Crippen LogP contribution in [0.4, 0.5) is 23.7 Å². The van der Waals surface area contributed by atoms with E-state index in [4.69, 9.17) is 25.8 Å². The zero-order valence-electron chi connectivity index (χ0n) is 26.2. The van der Waals surface area contributed by atoms with Crippen LogP contribution in [-0.2, 0) is 43.9 Å². The average molecular weight is 679 g/mol. The number of carbonyl (C=O) groups is 2. The van der Waals surface area contributed by atoms with Crippen LogP contribution in [0.2, 0.25) is 5.02 Å². The Labute approximate surface area is 272 Å². The molecule has 16 heteroatoms. The number of amides is 2. The van der Waals surface area contributed by atoms with Gasteiger partial charge in [0.25, 0.3) is 5.56 Å². The van der Waals surface area contributed by atoms with Crippen molar-refractivity contribution in [1.29, 1.82) is 0 Å². The third-order valence-electron chi connectivity index (χ3n) is 8.46. The summed E-state index contributed by atoms with van der Waals surface area (Å²) >= 11 is 6.10. The first-order valence-electron chi connectivity index (χ1n) is 15.2. The predicted molar refractivity (Wildman–Crippen MR) is 164 cm³/mol. The molecule has 1 aromatic carbocycles. The Bertz CT molecular complexity index is 1850. The van der Waals surface area contributed by atoms with E-state index in [0.717, 1.165) is 28.3 Å². The first-order valence-corrected chi connectivity index (χ1v) is 15.5. The van der Waals surface area contributed by atoms with E-state index in [2.05, 4.69) is 15.4 Å². The molecule has 252 valence electrons. The van der Waals surface area contributed by atoms with Crippen LogP contribution in [-0.4, -0.2) is 67.5 Å². The van der Waals surface area contributed by atoms with Crippen LogP contribution >= 0.6 is 11.6 Å². The number of halogens is 4. The molecular weight excluding hydrogens is 645 g/mol. The number of likely N-dealkylation sites (tertiary alicyclic amines) is 1. The molecule has 0 bridgehead atoms. The molecule has 3 aliphatic heterocycles. The summed E-state index contributed by atoms with van der Waals surface area (Å²) in [6, 6.07) is 2.29. The van der Waals surface area contributed by atoms with E-state index in [9.17, 15) is 27.6 Å². The van der Waals surface area contributed by atoms with Crippen molar-refractivity contribution in [2.24, 2.45) is 0 Å². The number of rotatable bonds is 4.